The zero-order chi connectivity index (χ0) is 14.2. The molecule has 6 heteroatoms. The summed E-state index contributed by atoms with van der Waals surface area (Å²) in [5.41, 5.74) is -0.460. The van der Waals surface area contributed by atoms with E-state index in [1.165, 1.54) is 0 Å². The fourth-order valence-electron chi connectivity index (χ4n) is 1.16. The fraction of sp³-hybridized carbons (Fsp3) is 0.917. The second kappa shape index (κ2) is 8.48. The second-order valence-corrected chi connectivity index (χ2v) is 7.08. The molecule has 2 unspecified atom stereocenters. The molecule has 5 nitrogen and oxygen atoms in total. The maximum absolute atomic E-state index is 11.3. The Labute approximate surface area is 113 Å². The Bertz CT molecular complexity index is 277. The van der Waals surface area contributed by atoms with Crippen LogP contribution in [-0.4, -0.2) is 47.0 Å². The molecule has 108 valence electrons. The smallest absolute Gasteiger partial charge is 0.407 e. The number of carbonyl (C=O) groups excluding carboxylic acids is 1. The molecule has 0 aliphatic rings. The van der Waals surface area contributed by atoms with Crippen LogP contribution in [0.1, 0.15) is 34.1 Å². The first-order valence-corrected chi connectivity index (χ1v) is 7.84. The minimum Gasteiger partial charge on any atom is -0.444 e. The van der Waals surface area contributed by atoms with E-state index in [9.17, 15) is 9.00 Å². The predicted octanol–water partition coefficient (Wildman–Crippen LogP) is 1.26. The lowest BCUT2D eigenvalue weighted by Gasteiger charge is -2.19. The number of hydrogen-bond donors (Lipinski definition) is 2. The van der Waals surface area contributed by atoms with E-state index in [1.807, 2.05) is 27.7 Å². The SMILES string of the molecule is CC(CCNCCNC(=O)OC(C)(C)C)S(C)=O. The average molecular weight is 278 g/mol. The molecular formula is C12H26N2O3S. The summed E-state index contributed by atoms with van der Waals surface area (Å²) in [5.74, 6) is 0. The average Bonchev–Trinajstić information content (AvgIpc) is 2.19. The van der Waals surface area contributed by atoms with Crippen LogP contribution in [0.3, 0.4) is 0 Å². The van der Waals surface area contributed by atoms with E-state index < -0.39 is 22.5 Å². The van der Waals surface area contributed by atoms with Crippen LogP contribution < -0.4 is 10.6 Å². The minimum absolute atomic E-state index is 0.205. The second-order valence-electron chi connectivity index (χ2n) is 5.28. The zero-order valence-corrected chi connectivity index (χ0v) is 12.9. The van der Waals surface area contributed by atoms with Crippen molar-refractivity contribution in [2.45, 2.75) is 45.0 Å². The Morgan fingerprint density at radius 1 is 1.28 bits per heavy atom. The standard InChI is InChI=1S/C12H26N2O3S/c1-10(18(5)16)6-7-13-8-9-14-11(15)17-12(2,3)4/h10,13H,6-9H2,1-5H3,(H,14,15). The lowest BCUT2D eigenvalue weighted by molar-refractivity contribution is 0.0528. The highest BCUT2D eigenvalue weighted by atomic mass is 32.2. The van der Waals surface area contributed by atoms with Gasteiger partial charge in [-0.15, -0.1) is 0 Å². The van der Waals surface area contributed by atoms with Crippen LogP contribution in [0.2, 0.25) is 0 Å². The van der Waals surface area contributed by atoms with Crippen LogP contribution in [0.4, 0.5) is 4.79 Å². The molecule has 2 atom stereocenters. The van der Waals surface area contributed by atoms with Crippen LogP contribution in [-0.2, 0) is 15.5 Å². The van der Waals surface area contributed by atoms with Gasteiger partial charge in [0.2, 0.25) is 0 Å². The van der Waals surface area contributed by atoms with Crippen LogP contribution in [0.15, 0.2) is 0 Å². The molecule has 0 rings (SSSR count). The van der Waals surface area contributed by atoms with E-state index in [0.717, 1.165) is 13.0 Å². The number of ether oxygens (including phenoxy) is 1. The maximum Gasteiger partial charge on any atom is 0.407 e. The van der Waals surface area contributed by atoms with Gasteiger partial charge in [0.05, 0.1) is 0 Å². The third-order valence-corrected chi connectivity index (χ3v) is 3.63. The van der Waals surface area contributed by atoms with Crippen LogP contribution in [0.5, 0.6) is 0 Å². The summed E-state index contributed by atoms with van der Waals surface area (Å²) < 4.78 is 16.2. The van der Waals surface area contributed by atoms with E-state index in [1.54, 1.807) is 6.26 Å². The first-order valence-electron chi connectivity index (χ1n) is 6.22. The molecule has 2 N–H and O–H groups in total. The van der Waals surface area contributed by atoms with Gasteiger partial charge >= 0.3 is 6.09 Å². The van der Waals surface area contributed by atoms with Crippen molar-refractivity contribution in [2.75, 3.05) is 25.9 Å². The molecule has 0 radical (unpaired) electrons. The van der Waals surface area contributed by atoms with Crippen molar-refractivity contribution in [3.05, 3.63) is 0 Å². The summed E-state index contributed by atoms with van der Waals surface area (Å²) in [6.07, 6.45) is 2.19. The van der Waals surface area contributed by atoms with Gasteiger partial charge in [0.1, 0.15) is 5.60 Å². The number of amides is 1. The van der Waals surface area contributed by atoms with E-state index in [4.69, 9.17) is 4.74 Å². The third kappa shape index (κ3) is 10.5. The highest BCUT2D eigenvalue weighted by Crippen LogP contribution is 2.05. The summed E-state index contributed by atoms with van der Waals surface area (Å²) in [5, 5.41) is 6.06. The molecule has 1 amide bonds. The minimum atomic E-state index is -0.766. The quantitative estimate of drug-likeness (QED) is 0.688. The molecular weight excluding hydrogens is 252 g/mol. The molecule has 0 fully saturated rings. The van der Waals surface area contributed by atoms with Gasteiger partial charge < -0.3 is 15.4 Å². The number of hydrogen-bond acceptors (Lipinski definition) is 4. The Hall–Kier alpha value is -0.620. The maximum atomic E-state index is 11.3. The molecule has 0 aromatic rings. The molecule has 0 aliphatic heterocycles. The molecule has 0 aliphatic carbocycles. The summed E-state index contributed by atoms with van der Waals surface area (Å²) in [7, 11) is -0.766. The highest BCUT2D eigenvalue weighted by Gasteiger charge is 2.15. The number of alkyl carbamates (subject to hydrolysis) is 1. The summed E-state index contributed by atoms with van der Waals surface area (Å²) in [6, 6.07) is 0. The van der Waals surface area contributed by atoms with Crippen molar-refractivity contribution < 1.29 is 13.7 Å². The van der Waals surface area contributed by atoms with Crippen molar-refractivity contribution in [2.24, 2.45) is 0 Å². The summed E-state index contributed by atoms with van der Waals surface area (Å²) in [6.45, 7) is 9.47. The van der Waals surface area contributed by atoms with Crippen molar-refractivity contribution >= 4 is 16.9 Å². The Balaban J connectivity index is 3.46. The van der Waals surface area contributed by atoms with E-state index in [2.05, 4.69) is 10.6 Å². The highest BCUT2D eigenvalue weighted by molar-refractivity contribution is 7.84. The van der Waals surface area contributed by atoms with Gasteiger partial charge in [-0.05, 0) is 33.7 Å². The lowest BCUT2D eigenvalue weighted by atomic mass is 10.2. The van der Waals surface area contributed by atoms with Gasteiger partial charge in [-0.3, -0.25) is 4.21 Å². The Kier molecular flexibility index (Phi) is 8.18. The molecule has 0 spiro atoms. The Morgan fingerprint density at radius 2 is 1.89 bits per heavy atom. The molecule has 18 heavy (non-hydrogen) atoms. The number of rotatable bonds is 7. The molecule has 0 aromatic carbocycles. The van der Waals surface area contributed by atoms with Crippen molar-refractivity contribution in [3.8, 4) is 0 Å². The van der Waals surface area contributed by atoms with Gasteiger partial charge in [-0.2, -0.15) is 0 Å². The molecule has 0 saturated heterocycles. The van der Waals surface area contributed by atoms with Crippen molar-refractivity contribution in [3.63, 3.8) is 0 Å². The fourth-order valence-corrected chi connectivity index (χ4v) is 1.61. The molecule has 0 heterocycles. The van der Waals surface area contributed by atoms with Crippen LogP contribution in [0.25, 0.3) is 0 Å². The van der Waals surface area contributed by atoms with Crippen molar-refractivity contribution in [1.82, 2.24) is 10.6 Å². The molecule has 0 bridgehead atoms. The third-order valence-electron chi connectivity index (χ3n) is 2.26. The van der Waals surface area contributed by atoms with Gasteiger partial charge in [-0.1, -0.05) is 6.92 Å². The van der Waals surface area contributed by atoms with Gasteiger partial charge in [0.15, 0.2) is 0 Å². The topological polar surface area (TPSA) is 67.4 Å². The summed E-state index contributed by atoms with van der Waals surface area (Å²) in [4.78, 5) is 11.3. The van der Waals surface area contributed by atoms with E-state index in [-0.39, 0.29) is 5.25 Å². The number of nitrogens with one attached hydrogen (secondary N) is 2. The first-order chi connectivity index (χ1) is 8.22. The molecule has 0 aromatic heterocycles. The predicted molar refractivity (Wildman–Crippen MR) is 75.3 cm³/mol. The Morgan fingerprint density at radius 3 is 2.39 bits per heavy atom. The first kappa shape index (κ1) is 17.4. The molecule has 0 saturated carbocycles. The lowest BCUT2D eigenvalue weighted by Crippen LogP contribution is -2.36. The van der Waals surface area contributed by atoms with Gasteiger partial charge in [-0.25, -0.2) is 4.79 Å². The monoisotopic (exact) mass is 278 g/mol. The van der Waals surface area contributed by atoms with E-state index in [0.29, 0.717) is 13.1 Å². The van der Waals surface area contributed by atoms with Gasteiger partial charge in [0.25, 0.3) is 0 Å². The van der Waals surface area contributed by atoms with Gasteiger partial charge in [0, 0.05) is 35.4 Å². The largest absolute Gasteiger partial charge is 0.444 e. The zero-order valence-electron chi connectivity index (χ0n) is 12.0. The van der Waals surface area contributed by atoms with E-state index >= 15 is 0 Å². The van der Waals surface area contributed by atoms with Crippen LogP contribution in [0, 0.1) is 0 Å². The van der Waals surface area contributed by atoms with Crippen molar-refractivity contribution in [1.29, 1.82) is 0 Å². The normalized spacial score (nSPS) is 14.9. The van der Waals surface area contributed by atoms with Crippen LogP contribution >= 0.6 is 0 Å². The summed E-state index contributed by atoms with van der Waals surface area (Å²) >= 11 is 0. The number of carbonyl (C=O) groups is 1.